The summed E-state index contributed by atoms with van der Waals surface area (Å²) in [5.74, 6) is 0.512. The van der Waals surface area contributed by atoms with Crippen molar-refractivity contribution in [3.63, 3.8) is 0 Å². The van der Waals surface area contributed by atoms with Crippen LogP contribution in [0.5, 0.6) is 0 Å². The third-order valence-corrected chi connectivity index (χ3v) is 6.79. The van der Waals surface area contributed by atoms with Gasteiger partial charge in [-0.25, -0.2) is 24.4 Å². The van der Waals surface area contributed by atoms with Crippen LogP contribution < -0.4 is 5.32 Å². The molecule has 0 fully saturated rings. The van der Waals surface area contributed by atoms with Gasteiger partial charge < -0.3 is 25.0 Å². The van der Waals surface area contributed by atoms with Crippen molar-refractivity contribution in [2.75, 3.05) is 71.0 Å². The summed E-state index contributed by atoms with van der Waals surface area (Å²) in [5.41, 5.74) is 23.8. The number of amides is 1. The number of aliphatic hydroxyl groups is 2. The average Bonchev–Trinajstić information content (AvgIpc) is 3.09. The van der Waals surface area contributed by atoms with Crippen molar-refractivity contribution >= 4 is 40.2 Å². The number of ether oxygens (including phenoxy) is 2. The van der Waals surface area contributed by atoms with Gasteiger partial charge in [-0.1, -0.05) is 72.8 Å². The van der Waals surface area contributed by atoms with E-state index >= 15 is 0 Å². The van der Waals surface area contributed by atoms with Crippen molar-refractivity contribution in [2.24, 2.45) is 48.0 Å². The van der Waals surface area contributed by atoms with E-state index in [1.807, 2.05) is 0 Å². The first kappa shape index (κ1) is 54.6. The minimum Gasteiger partial charge on any atom is -0.466 e. The fourth-order valence-corrected chi connectivity index (χ4v) is 4.38. The Hall–Kier alpha value is -4.17. The van der Waals surface area contributed by atoms with Crippen molar-refractivity contribution in [2.45, 2.75) is 80.1 Å². The molecular weight excluding hydrogens is 748 g/mol. The molecule has 21 heteroatoms. The number of nitrogens with one attached hydrogen (secondary N) is 1. The summed E-state index contributed by atoms with van der Waals surface area (Å²) in [6.07, 6.45) is 7.04. The molecule has 0 aromatic rings. The van der Waals surface area contributed by atoms with Gasteiger partial charge in [0.15, 0.2) is 0 Å². The Morgan fingerprint density at radius 2 is 1.29 bits per heavy atom. The highest BCUT2D eigenvalue weighted by Crippen LogP contribution is 2.32. The SMILES string of the molecule is CC(CCN=C=O)CC(C)(C)CN=C=O.CC(CCNC(=O)OCCN=[N+]=[N-])CC(C)(C)CCC(=O)OCCN=[N+]=[N-].OCCBr.[N-]=[N+]=NCCO. The number of alkyl halides is 1. The number of carbonyl (C=O) groups excluding carboxylic acids is 4. The molecule has 0 aliphatic heterocycles. The van der Waals surface area contributed by atoms with E-state index in [0.29, 0.717) is 49.6 Å². The van der Waals surface area contributed by atoms with Crippen molar-refractivity contribution in [1.29, 1.82) is 0 Å². The standard InChI is InChI=1S/C16H29N7O4.C11H18N2O2.C2H5BrO.C2H5N3O/c1-13(5-7-19-15(25)27-11-9-21-23-18)12-16(2,3)6-4-14(24)26-10-8-20-22-17;1-10(4-5-12-8-14)6-11(2,3)7-13-9-15;3-1-2-4;3-5-4-1-2-6/h13H,4-12H2,1-3H3,(H,19,25);10H,4-7H2,1-3H3;4H,1-2H2;6H,1-2H2. The molecule has 0 rings (SSSR count). The zero-order valence-corrected chi connectivity index (χ0v) is 32.9. The van der Waals surface area contributed by atoms with Gasteiger partial charge in [-0.05, 0) is 71.4 Å². The summed E-state index contributed by atoms with van der Waals surface area (Å²) in [4.78, 5) is 57.6. The van der Waals surface area contributed by atoms with Crippen LogP contribution in [0.2, 0.25) is 0 Å². The van der Waals surface area contributed by atoms with Crippen LogP contribution in [0.4, 0.5) is 4.79 Å². The lowest BCUT2D eigenvalue weighted by atomic mass is 9.79. The lowest BCUT2D eigenvalue weighted by Gasteiger charge is -2.28. The molecule has 0 aliphatic carbocycles. The van der Waals surface area contributed by atoms with Crippen molar-refractivity contribution < 1.29 is 38.9 Å². The van der Waals surface area contributed by atoms with Crippen LogP contribution >= 0.6 is 15.9 Å². The van der Waals surface area contributed by atoms with E-state index < -0.39 is 6.09 Å². The zero-order valence-electron chi connectivity index (χ0n) is 31.3. The molecule has 0 spiro atoms. The average molecular weight is 806 g/mol. The number of hydrogen-bond donors (Lipinski definition) is 3. The number of alkyl carbamates (subject to hydrolysis) is 1. The second-order valence-electron chi connectivity index (χ2n) is 12.7. The fourth-order valence-electron chi connectivity index (χ4n) is 4.38. The summed E-state index contributed by atoms with van der Waals surface area (Å²) in [5, 5.41) is 28.7. The highest BCUT2D eigenvalue weighted by molar-refractivity contribution is 9.09. The second-order valence-corrected chi connectivity index (χ2v) is 13.5. The van der Waals surface area contributed by atoms with E-state index in [1.165, 1.54) is 6.08 Å². The van der Waals surface area contributed by atoms with Crippen LogP contribution in [0.3, 0.4) is 0 Å². The molecule has 2 unspecified atom stereocenters. The minimum absolute atomic E-state index is 0.00171. The molecule has 0 radical (unpaired) electrons. The number of halogens is 1. The molecule has 0 saturated carbocycles. The Balaban J connectivity index is -0.000000381. The number of aliphatic imine (C=N–C) groups is 2. The number of aliphatic hydroxyl groups excluding tert-OH is 2. The molecule has 1 amide bonds. The largest absolute Gasteiger partial charge is 0.466 e. The summed E-state index contributed by atoms with van der Waals surface area (Å²) in [6.45, 7) is 14.8. The molecule has 0 bridgehead atoms. The van der Waals surface area contributed by atoms with E-state index in [2.05, 4.69) is 103 Å². The highest BCUT2D eigenvalue weighted by atomic mass is 79.9. The molecule has 52 heavy (non-hydrogen) atoms. The molecule has 0 heterocycles. The summed E-state index contributed by atoms with van der Waals surface area (Å²) < 4.78 is 9.84. The van der Waals surface area contributed by atoms with Gasteiger partial charge in [0.1, 0.15) is 0 Å². The number of hydrogen-bond acceptors (Lipinski definition) is 13. The van der Waals surface area contributed by atoms with Crippen molar-refractivity contribution in [3.05, 3.63) is 31.3 Å². The highest BCUT2D eigenvalue weighted by Gasteiger charge is 2.23. The van der Waals surface area contributed by atoms with Gasteiger partial charge >= 0.3 is 12.1 Å². The Bertz CT molecular complexity index is 1180. The normalized spacial score (nSPS) is 10.9. The van der Waals surface area contributed by atoms with Crippen LogP contribution in [-0.4, -0.2) is 105 Å². The third kappa shape index (κ3) is 47.9. The van der Waals surface area contributed by atoms with Crippen LogP contribution in [0.25, 0.3) is 31.3 Å². The van der Waals surface area contributed by atoms with Gasteiger partial charge in [0.2, 0.25) is 12.2 Å². The van der Waals surface area contributed by atoms with Crippen LogP contribution in [0.15, 0.2) is 25.3 Å². The summed E-state index contributed by atoms with van der Waals surface area (Å²) in [7, 11) is 0. The molecule has 3 N–H and O–H groups in total. The Morgan fingerprint density at radius 1 is 0.788 bits per heavy atom. The minimum atomic E-state index is -0.530. The lowest BCUT2D eigenvalue weighted by Crippen LogP contribution is -2.28. The Labute approximate surface area is 314 Å². The van der Waals surface area contributed by atoms with E-state index in [9.17, 15) is 19.2 Å². The predicted molar refractivity (Wildman–Crippen MR) is 200 cm³/mol. The molecule has 20 nitrogen and oxygen atoms in total. The molecule has 2 atom stereocenters. The first-order valence-electron chi connectivity index (χ1n) is 16.6. The quantitative estimate of drug-likeness (QED) is 0.0135. The van der Waals surface area contributed by atoms with Gasteiger partial charge in [0, 0.05) is 46.2 Å². The maximum Gasteiger partial charge on any atom is 0.407 e. The van der Waals surface area contributed by atoms with Gasteiger partial charge in [0.25, 0.3) is 0 Å². The second kappa shape index (κ2) is 39.6. The number of carbonyl (C=O) groups is 2. The number of isocyanates is 2. The summed E-state index contributed by atoms with van der Waals surface area (Å²) in [6, 6.07) is 0. The maximum atomic E-state index is 11.7. The third-order valence-electron chi connectivity index (χ3n) is 6.44. The molecular formula is C31H57BrN12O8. The first-order valence-corrected chi connectivity index (χ1v) is 17.7. The van der Waals surface area contributed by atoms with Gasteiger partial charge in [-0.2, -0.15) is 0 Å². The van der Waals surface area contributed by atoms with E-state index in [0.717, 1.165) is 25.7 Å². The first-order chi connectivity index (χ1) is 24.6. The van der Waals surface area contributed by atoms with E-state index in [4.69, 9.17) is 36.3 Å². The van der Waals surface area contributed by atoms with Crippen molar-refractivity contribution in [3.8, 4) is 0 Å². The molecule has 0 aliphatic rings. The molecule has 0 saturated heterocycles. The van der Waals surface area contributed by atoms with Crippen LogP contribution in [0, 0.1) is 22.7 Å². The van der Waals surface area contributed by atoms with Crippen LogP contribution in [0.1, 0.15) is 80.1 Å². The Morgan fingerprint density at radius 3 is 1.77 bits per heavy atom. The van der Waals surface area contributed by atoms with Gasteiger partial charge in [0.05, 0.1) is 46.0 Å². The zero-order chi connectivity index (χ0) is 40.5. The number of nitrogens with zero attached hydrogens (tertiary/aromatic N) is 11. The number of azide groups is 3. The van der Waals surface area contributed by atoms with Crippen LogP contribution in [-0.2, 0) is 23.9 Å². The van der Waals surface area contributed by atoms with E-state index in [-0.39, 0.29) is 62.9 Å². The van der Waals surface area contributed by atoms with Gasteiger partial charge in [-0.15, -0.1) is 0 Å². The lowest BCUT2D eigenvalue weighted by molar-refractivity contribution is -0.144. The molecule has 296 valence electrons. The summed E-state index contributed by atoms with van der Waals surface area (Å²) >= 11 is 3.00. The number of esters is 1. The van der Waals surface area contributed by atoms with E-state index in [1.54, 1.807) is 6.08 Å². The van der Waals surface area contributed by atoms with Crippen molar-refractivity contribution in [1.82, 2.24) is 5.32 Å². The molecule has 0 aromatic carbocycles. The predicted octanol–water partition coefficient (Wildman–Crippen LogP) is 6.86. The fraction of sp³-hybridized carbons (Fsp3) is 0.871. The molecule has 0 aromatic heterocycles. The Kier molecular flexibility index (Phi) is 41.6. The maximum absolute atomic E-state index is 11.7. The topological polar surface area (TPSA) is 310 Å². The smallest absolute Gasteiger partial charge is 0.407 e. The monoisotopic (exact) mass is 804 g/mol. The number of rotatable bonds is 24. The van der Waals surface area contributed by atoms with Gasteiger partial charge in [-0.3, -0.25) is 4.79 Å².